The number of hydrogen-bond donors (Lipinski definition) is 1. The lowest BCUT2D eigenvalue weighted by atomic mass is 10.2. The van der Waals surface area contributed by atoms with Crippen LogP contribution >= 0.6 is 0 Å². The average molecular weight is 284 g/mol. The van der Waals surface area contributed by atoms with Crippen LogP contribution in [-0.4, -0.2) is 25.8 Å². The molecule has 0 amide bonds. The average Bonchev–Trinajstić information content (AvgIpc) is 2.37. The molecule has 0 aromatic heterocycles. The molecule has 0 atom stereocenters. The number of rotatable bonds is 8. The first kappa shape index (κ1) is 15.6. The molecule has 1 rings (SSSR count). The maximum Gasteiger partial charge on any atom is 0.280 e. The van der Waals surface area contributed by atoms with E-state index in [2.05, 4.69) is 17.9 Å². The van der Waals surface area contributed by atoms with Crippen molar-refractivity contribution in [1.82, 2.24) is 9.03 Å². The highest BCUT2D eigenvalue weighted by Crippen LogP contribution is 2.08. The predicted molar refractivity (Wildman–Crippen MR) is 74.2 cm³/mol. The Morgan fingerprint density at radius 3 is 2.53 bits per heavy atom. The molecule has 104 valence electrons. The molecule has 1 aromatic rings. The third-order valence-corrected chi connectivity index (χ3v) is 3.79. The fourth-order valence-corrected chi connectivity index (χ4v) is 2.58. The van der Waals surface area contributed by atoms with E-state index < -0.39 is 22.6 Å². The summed E-state index contributed by atoms with van der Waals surface area (Å²) in [5.74, 6) is -0.734. The van der Waals surface area contributed by atoms with Crippen LogP contribution in [0.4, 0.5) is 4.39 Å². The Morgan fingerprint density at radius 2 is 2.00 bits per heavy atom. The van der Waals surface area contributed by atoms with Crippen LogP contribution in [0.5, 0.6) is 0 Å². The molecule has 0 aliphatic rings. The molecular weight excluding hydrogens is 267 g/mol. The van der Waals surface area contributed by atoms with E-state index in [9.17, 15) is 12.8 Å². The summed E-state index contributed by atoms with van der Waals surface area (Å²) >= 11 is 0. The molecule has 19 heavy (non-hydrogen) atoms. The van der Waals surface area contributed by atoms with Crippen LogP contribution in [-0.2, 0) is 16.8 Å². The van der Waals surface area contributed by atoms with Gasteiger partial charge in [0.2, 0.25) is 0 Å². The van der Waals surface area contributed by atoms with Crippen molar-refractivity contribution in [2.75, 3.05) is 13.1 Å². The van der Waals surface area contributed by atoms with Crippen molar-refractivity contribution in [3.8, 4) is 0 Å². The molecule has 0 radical (unpaired) electrons. The number of halogens is 1. The molecule has 0 fully saturated rings. The predicted octanol–water partition coefficient (Wildman–Crippen LogP) is 1.99. The van der Waals surface area contributed by atoms with Gasteiger partial charge in [-0.2, -0.15) is 17.4 Å². The van der Waals surface area contributed by atoms with E-state index in [0.29, 0.717) is 0 Å². The van der Waals surface area contributed by atoms with Crippen LogP contribution in [0.1, 0.15) is 5.56 Å². The Hall–Kier alpha value is -1.50. The van der Waals surface area contributed by atoms with Crippen molar-refractivity contribution in [3.63, 3.8) is 0 Å². The molecule has 4 nitrogen and oxygen atoms in total. The lowest BCUT2D eigenvalue weighted by molar-refractivity contribution is 0.427. The van der Waals surface area contributed by atoms with E-state index in [0.717, 1.165) is 5.56 Å². The molecule has 0 aliphatic carbocycles. The number of nitrogens with one attached hydrogen (secondary N) is 1. The van der Waals surface area contributed by atoms with Gasteiger partial charge in [-0.05, 0) is 5.56 Å². The summed E-state index contributed by atoms with van der Waals surface area (Å²) in [6.07, 6.45) is 1.48. The standard InChI is InChI=1S/C13H17FN2O2S/c1-3-9-16(11-13-7-5-4-6-8-13)19(17,18)15-10-12(2)14/h3-8,15H,1-2,9-11H2. The zero-order valence-electron chi connectivity index (χ0n) is 10.5. The molecule has 0 aliphatic heterocycles. The fraction of sp³-hybridized carbons (Fsp3) is 0.231. The largest absolute Gasteiger partial charge is 0.280 e. The van der Waals surface area contributed by atoms with Crippen molar-refractivity contribution in [1.29, 1.82) is 0 Å². The molecule has 0 saturated carbocycles. The van der Waals surface area contributed by atoms with Crippen molar-refractivity contribution in [2.45, 2.75) is 6.54 Å². The van der Waals surface area contributed by atoms with E-state index >= 15 is 0 Å². The minimum atomic E-state index is -3.77. The van der Waals surface area contributed by atoms with Crippen molar-refractivity contribution in [3.05, 3.63) is 61.0 Å². The highest BCUT2D eigenvalue weighted by molar-refractivity contribution is 7.87. The summed E-state index contributed by atoms with van der Waals surface area (Å²) in [5.41, 5.74) is 0.841. The van der Waals surface area contributed by atoms with Gasteiger partial charge >= 0.3 is 0 Å². The Labute approximate surface area is 113 Å². The summed E-state index contributed by atoms with van der Waals surface area (Å²) in [6, 6.07) is 9.14. The number of hydrogen-bond acceptors (Lipinski definition) is 2. The second-order valence-electron chi connectivity index (χ2n) is 3.91. The van der Waals surface area contributed by atoms with Gasteiger partial charge in [0.1, 0.15) is 5.83 Å². The third kappa shape index (κ3) is 5.34. The first-order chi connectivity index (χ1) is 8.95. The smallest absolute Gasteiger partial charge is 0.211 e. The molecule has 0 bridgehead atoms. The molecule has 0 spiro atoms. The monoisotopic (exact) mass is 284 g/mol. The van der Waals surface area contributed by atoms with Crippen LogP contribution in [0.2, 0.25) is 0 Å². The minimum Gasteiger partial charge on any atom is -0.211 e. The Bertz CT molecular complexity index is 529. The Balaban J connectivity index is 2.81. The van der Waals surface area contributed by atoms with Crippen LogP contribution in [0.25, 0.3) is 0 Å². The lowest BCUT2D eigenvalue weighted by Gasteiger charge is -2.20. The quantitative estimate of drug-likeness (QED) is 0.742. The molecular formula is C13H17FN2O2S. The van der Waals surface area contributed by atoms with Crippen molar-refractivity contribution < 1.29 is 12.8 Å². The number of nitrogens with zero attached hydrogens (tertiary/aromatic N) is 1. The highest BCUT2D eigenvalue weighted by Gasteiger charge is 2.20. The Morgan fingerprint density at radius 1 is 1.37 bits per heavy atom. The molecule has 1 N–H and O–H groups in total. The van der Waals surface area contributed by atoms with Crippen LogP contribution in [0.3, 0.4) is 0 Å². The second kappa shape index (κ2) is 7.18. The maximum atomic E-state index is 12.5. The minimum absolute atomic E-state index is 0.142. The van der Waals surface area contributed by atoms with Gasteiger partial charge < -0.3 is 0 Å². The molecule has 0 saturated heterocycles. The van der Waals surface area contributed by atoms with Crippen LogP contribution in [0, 0.1) is 0 Å². The van der Waals surface area contributed by atoms with Gasteiger partial charge in [-0.15, -0.1) is 6.58 Å². The van der Waals surface area contributed by atoms with Gasteiger partial charge in [-0.3, -0.25) is 0 Å². The molecule has 6 heteroatoms. The topological polar surface area (TPSA) is 49.4 Å². The van der Waals surface area contributed by atoms with E-state index in [-0.39, 0.29) is 13.1 Å². The number of benzene rings is 1. The summed E-state index contributed by atoms with van der Waals surface area (Å²) in [7, 11) is -3.77. The van der Waals surface area contributed by atoms with Gasteiger partial charge in [0.25, 0.3) is 10.2 Å². The van der Waals surface area contributed by atoms with Gasteiger partial charge in [-0.1, -0.05) is 43.0 Å². The highest BCUT2D eigenvalue weighted by atomic mass is 32.2. The normalized spacial score (nSPS) is 11.5. The van der Waals surface area contributed by atoms with Crippen molar-refractivity contribution in [2.24, 2.45) is 0 Å². The second-order valence-corrected chi connectivity index (χ2v) is 5.67. The van der Waals surface area contributed by atoms with E-state index in [1.807, 2.05) is 30.3 Å². The van der Waals surface area contributed by atoms with Gasteiger partial charge in [0.05, 0.1) is 6.54 Å². The zero-order chi connectivity index (χ0) is 14.3. The summed E-state index contributed by atoms with van der Waals surface area (Å²) in [5, 5.41) is 0. The first-order valence-electron chi connectivity index (χ1n) is 5.68. The summed E-state index contributed by atoms with van der Waals surface area (Å²) in [4.78, 5) is 0. The maximum absolute atomic E-state index is 12.5. The van der Waals surface area contributed by atoms with Gasteiger partial charge in [-0.25, -0.2) is 4.39 Å². The van der Waals surface area contributed by atoms with Crippen LogP contribution < -0.4 is 4.72 Å². The summed E-state index contributed by atoms with van der Waals surface area (Å²) < 4.78 is 39.8. The fourth-order valence-electron chi connectivity index (χ4n) is 1.44. The lowest BCUT2D eigenvalue weighted by Crippen LogP contribution is -2.40. The SMILES string of the molecule is C=CCN(Cc1ccccc1)S(=O)(=O)NCC(=C)F. The van der Waals surface area contributed by atoms with E-state index in [1.165, 1.54) is 10.4 Å². The zero-order valence-corrected chi connectivity index (χ0v) is 11.4. The first-order valence-corrected chi connectivity index (χ1v) is 7.12. The van der Waals surface area contributed by atoms with Gasteiger partial charge in [0, 0.05) is 13.1 Å². The van der Waals surface area contributed by atoms with E-state index in [1.54, 1.807) is 0 Å². The Kier molecular flexibility index (Phi) is 5.88. The van der Waals surface area contributed by atoms with Crippen LogP contribution in [0.15, 0.2) is 55.4 Å². The van der Waals surface area contributed by atoms with Crippen molar-refractivity contribution >= 4 is 10.2 Å². The molecule has 0 unspecified atom stereocenters. The van der Waals surface area contributed by atoms with E-state index in [4.69, 9.17) is 0 Å². The molecule has 0 heterocycles. The summed E-state index contributed by atoms with van der Waals surface area (Å²) in [6.45, 7) is 6.45. The third-order valence-electron chi connectivity index (χ3n) is 2.32. The van der Waals surface area contributed by atoms with Gasteiger partial charge in [0.15, 0.2) is 0 Å². The molecule has 1 aromatic carbocycles.